The van der Waals surface area contributed by atoms with Crippen LogP contribution in [0.5, 0.6) is 0 Å². The van der Waals surface area contributed by atoms with Gasteiger partial charge in [-0.25, -0.2) is 13.4 Å². The van der Waals surface area contributed by atoms with E-state index in [4.69, 9.17) is 0 Å². The number of rotatable bonds is 6. The third kappa shape index (κ3) is 4.96. The van der Waals surface area contributed by atoms with E-state index in [1.807, 2.05) is 36.4 Å². The predicted molar refractivity (Wildman–Crippen MR) is 121 cm³/mol. The van der Waals surface area contributed by atoms with Gasteiger partial charge in [0.15, 0.2) is 0 Å². The normalized spacial score (nSPS) is 11.0. The highest BCUT2D eigenvalue weighted by molar-refractivity contribution is 7.92. The molecule has 0 aliphatic carbocycles. The Balaban J connectivity index is 1.47. The van der Waals surface area contributed by atoms with Crippen LogP contribution in [0.3, 0.4) is 0 Å². The van der Waals surface area contributed by atoms with E-state index < -0.39 is 10.0 Å². The van der Waals surface area contributed by atoms with E-state index in [9.17, 15) is 13.2 Å². The molecule has 0 atom stereocenters. The zero-order valence-corrected chi connectivity index (χ0v) is 17.2. The van der Waals surface area contributed by atoms with E-state index in [-0.39, 0.29) is 10.8 Å². The SMILES string of the molecule is O=C(Nc1ccc(-c2ccccc2)cn1)c1cccc(NS(=O)(=O)c2ccccc2)c1. The topological polar surface area (TPSA) is 88.2 Å². The molecule has 31 heavy (non-hydrogen) atoms. The van der Waals surface area contributed by atoms with Crippen molar-refractivity contribution in [3.8, 4) is 11.1 Å². The zero-order chi connectivity index (χ0) is 21.7. The molecule has 1 heterocycles. The van der Waals surface area contributed by atoms with E-state index >= 15 is 0 Å². The van der Waals surface area contributed by atoms with Crippen molar-refractivity contribution in [1.82, 2.24) is 4.98 Å². The summed E-state index contributed by atoms with van der Waals surface area (Å²) < 4.78 is 27.5. The van der Waals surface area contributed by atoms with Crippen molar-refractivity contribution < 1.29 is 13.2 Å². The van der Waals surface area contributed by atoms with Crippen LogP contribution in [0.25, 0.3) is 11.1 Å². The van der Waals surface area contributed by atoms with Crippen LogP contribution in [0, 0.1) is 0 Å². The largest absolute Gasteiger partial charge is 0.307 e. The van der Waals surface area contributed by atoms with Gasteiger partial charge in [-0.3, -0.25) is 9.52 Å². The van der Waals surface area contributed by atoms with Gasteiger partial charge < -0.3 is 5.32 Å². The number of anilines is 2. The summed E-state index contributed by atoms with van der Waals surface area (Å²) in [5, 5.41) is 2.73. The molecule has 0 fully saturated rings. The van der Waals surface area contributed by atoms with Gasteiger partial charge in [-0.05, 0) is 48.0 Å². The summed E-state index contributed by atoms with van der Waals surface area (Å²) in [6.45, 7) is 0. The molecule has 0 aliphatic rings. The maximum atomic E-state index is 12.6. The fourth-order valence-electron chi connectivity index (χ4n) is 3.00. The van der Waals surface area contributed by atoms with Crippen molar-refractivity contribution >= 4 is 27.4 Å². The van der Waals surface area contributed by atoms with Crippen LogP contribution in [0.4, 0.5) is 11.5 Å². The number of carbonyl (C=O) groups excluding carboxylic acids is 1. The maximum Gasteiger partial charge on any atom is 0.261 e. The number of sulfonamides is 1. The van der Waals surface area contributed by atoms with Crippen LogP contribution < -0.4 is 10.0 Å². The van der Waals surface area contributed by atoms with Gasteiger partial charge in [0.25, 0.3) is 15.9 Å². The zero-order valence-electron chi connectivity index (χ0n) is 16.4. The Labute approximate surface area is 180 Å². The van der Waals surface area contributed by atoms with Gasteiger partial charge in [-0.2, -0.15) is 0 Å². The van der Waals surface area contributed by atoms with Crippen LogP contribution in [-0.2, 0) is 10.0 Å². The molecule has 0 spiro atoms. The lowest BCUT2D eigenvalue weighted by atomic mass is 10.1. The van der Waals surface area contributed by atoms with E-state index in [0.717, 1.165) is 11.1 Å². The second kappa shape index (κ2) is 8.81. The molecule has 3 aromatic carbocycles. The second-order valence-electron chi connectivity index (χ2n) is 6.75. The third-order valence-electron chi connectivity index (χ3n) is 4.54. The lowest BCUT2D eigenvalue weighted by Gasteiger charge is -2.10. The summed E-state index contributed by atoms with van der Waals surface area (Å²) in [7, 11) is -3.74. The van der Waals surface area contributed by atoms with Crippen molar-refractivity contribution in [2.24, 2.45) is 0 Å². The van der Waals surface area contributed by atoms with Crippen LogP contribution in [0.2, 0.25) is 0 Å². The Bertz CT molecular complexity index is 1290. The minimum absolute atomic E-state index is 0.146. The van der Waals surface area contributed by atoms with E-state index in [0.29, 0.717) is 17.1 Å². The number of nitrogens with zero attached hydrogens (tertiary/aromatic N) is 1. The quantitative estimate of drug-likeness (QED) is 0.461. The standard InChI is InChI=1S/C24H19N3O3S/c28-24(26-23-15-14-20(17-25-23)18-8-3-1-4-9-18)19-10-7-11-21(16-19)27-31(29,30)22-12-5-2-6-13-22/h1-17,27H,(H,25,26,28). The Morgan fingerprint density at radius 1 is 0.742 bits per heavy atom. The highest BCUT2D eigenvalue weighted by Gasteiger charge is 2.15. The summed E-state index contributed by atoms with van der Waals surface area (Å²) in [4.78, 5) is 17.1. The molecule has 4 aromatic rings. The van der Waals surface area contributed by atoms with Gasteiger partial charge in [0.1, 0.15) is 5.82 Å². The Morgan fingerprint density at radius 3 is 2.13 bits per heavy atom. The maximum absolute atomic E-state index is 12.6. The van der Waals surface area contributed by atoms with Crippen LogP contribution >= 0.6 is 0 Å². The molecule has 0 bridgehead atoms. The van der Waals surface area contributed by atoms with E-state index in [2.05, 4.69) is 15.0 Å². The van der Waals surface area contributed by atoms with Crippen molar-refractivity contribution in [3.05, 3.63) is 109 Å². The van der Waals surface area contributed by atoms with Crippen molar-refractivity contribution in [2.45, 2.75) is 4.90 Å². The van der Waals surface area contributed by atoms with Crippen LogP contribution in [0.1, 0.15) is 10.4 Å². The first-order chi connectivity index (χ1) is 15.0. The number of benzene rings is 3. The monoisotopic (exact) mass is 429 g/mol. The minimum Gasteiger partial charge on any atom is -0.307 e. The molecule has 7 heteroatoms. The molecule has 1 aromatic heterocycles. The van der Waals surface area contributed by atoms with E-state index in [1.165, 1.54) is 18.2 Å². The summed E-state index contributed by atoms with van der Waals surface area (Å²) >= 11 is 0. The minimum atomic E-state index is -3.74. The first kappa shape index (κ1) is 20.3. The molecule has 1 amide bonds. The molecule has 0 aliphatic heterocycles. The predicted octanol–water partition coefficient (Wildman–Crippen LogP) is 4.80. The number of amides is 1. The molecule has 0 saturated carbocycles. The second-order valence-corrected chi connectivity index (χ2v) is 8.43. The molecular formula is C24H19N3O3S. The molecular weight excluding hydrogens is 410 g/mol. The van der Waals surface area contributed by atoms with Gasteiger partial charge in [-0.15, -0.1) is 0 Å². The van der Waals surface area contributed by atoms with Crippen molar-refractivity contribution in [1.29, 1.82) is 0 Å². The summed E-state index contributed by atoms with van der Waals surface area (Å²) in [6, 6.07) is 27.7. The third-order valence-corrected chi connectivity index (χ3v) is 5.94. The van der Waals surface area contributed by atoms with Gasteiger partial charge in [-0.1, -0.05) is 54.6 Å². The van der Waals surface area contributed by atoms with Crippen LogP contribution in [-0.4, -0.2) is 19.3 Å². The van der Waals surface area contributed by atoms with Gasteiger partial charge in [0.05, 0.1) is 4.90 Å². The fourth-order valence-corrected chi connectivity index (χ4v) is 4.07. The number of pyridine rings is 1. The molecule has 0 unspecified atom stereocenters. The Morgan fingerprint density at radius 2 is 1.45 bits per heavy atom. The average molecular weight is 430 g/mol. The highest BCUT2D eigenvalue weighted by atomic mass is 32.2. The highest BCUT2D eigenvalue weighted by Crippen LogP contribution is 2.20. The molecule has 6 nitrogen and oxygen atoms in total. The number of carbonyl (C=O) groups is 1. The molecule has 4 rings (SSSR count). The molecule has 0 saturated heterocycles. The number of aromatic nitrogens is 1. The Hall–Kier alpha value is -3.97. The Kier molecular flexibility index (Phi) is 5.77. The fraction of sp³-hybridized carbons (Fsp3) is 0. The summed E-state index contributed by atoms with van der Waals surface area (Å²) in [5.74, 6) is 0.0145. The first-order valence-corrected chi connectivity index (χ1v) is 11.0. The van der Waals surface area contributed by atoms with Crippen molar-refractivity contribution in [2.75, 3.05) is 10.0 Å². The average Bonchev–Trinajstić information content (AvgIpc) is 2.81. The van der Waals surface area contributed by atoms with Gasteiger partial charge in [0, 0.05) is 23.0 Å². The molecule has 154 valence electrons. The molecule has 2 N–H and O–H groups in total. The van der Waals surface area contributed by atoms with Crippen molar-refractivity contribution in [3.63, 3.8) is 0 Å². The first-order valence-electron chi connectivity index (χ1n) is 9.52. The number of hydrogen-bond acceptors (Lipinski definition) is 4. The van der Waals surface area contributed by atoms with Crippen LogP contribution in [0.15, 0.2) is 108 Å². The van der Waals surface area contributed by atoms with Gasteiger partial charge in [0.2, 0.25) is 0 Å². The summed E-state index contributed by atoms with van der Waals surface area (Å²) in [6.07, 6.45) is 1.69. The smallest absolute Gasteiger partial charge is 0.261 e. The lowest BCUT2D eigenvalue weighted by Crippen LogP contribution is -2.15. The van der Waals surface area contributed by atoms with Gasteiger partial charge >= 0.3 is 0 Å². The number of hydrogen-bond donors (Lipinski definition) is 2. The molecule has 0 radical (unpaired) electrons. The van der Waals surface area contributed by atoms with E-state index in [1.54, 1.807) is 48.7 Å². The number of nitrogens with one attached hydrogen (secondary N) is 2. The summed E-state index contributed by atoms with van der Waals surface area (Å²) in [5.41, 5.74) is 2.58. The lowest BCUT2D eigenvalue weighted by molar-refractivity contribution is 0.102.